The molecule has 1 nitrogen and oxygen atoms in total. The molecule has 13 heavy (non-hydrogen) atoms. The molecule has 1 atom stereocenters. The van der Waals surface area contributed by atoms with Crippen LogP contribution in [-0.4, -0.2) is 13.1 Å². The van der Waals surface area contributed by atoms with E-state index in [0.29, 0.717) is 6.04 Å². The first-order valence-electron chi connectivity index (χ1n) is 4.39. The van der Waals surface area contributed by atoms with E-state index in [1.165, 1.54) is 5.69 Å². The van der Waals surface area contributed by atoms with E-state index in [4.69, 9.17) is 11.6 Å². The molecule has 0 saturated heterocycles. The predicted octanol–water partition coefficient (Wildman–Crippen LogP) is 3.10. The first-order chi connectivity index (χ1) is 6.20. The first-order valence-corrected chi connectivity index (χ1v) is 4.77. The van der Waals surface area contributed by atoms with Crippen molar-refractivity contribution in [1.29, 1.82) is 0 Å². The normalized spacial score (nSPS) is 21.0. The van der Waals surface area contributed by atoms with E-state index in [2.05, 4.69) is 37.1 Å². The highest BCUT2D eigenvalue weighted by Gasteiger charge is 2.18. The summed E-state index contributed by atoms with van der Waals surface area (Å²) in [7, 11) is 2.09. The quantitative estimate of drug-likeness (QED) is 0.612. The molecule has 1 unspecified atom stereocenters. The summed E-state index contributed by atoms with van der Waals surface area (Å²) in [6, 6.07) is 8.58. The van der Waals surface area contributed by atoms with Gasteiger partial charge in [0, 0.05) is 29.4 Å². The number of nitrogens with zero attached hydrogens (tertiary/aromatic N) is 1. The van der Waals surface area contributed by atoms with Crippen LogP contribution in [0.5, 0.6) is 0 Å². The predicted molar refractivity (Wildman–Crippen MR) is 58.1 cm³/mol. The highest BCUT2D eigenvalue weighted by atomic mass is 35.5. The van der Waals surface area contributed by atoms with E-state index in [1.807, 2.05) is 12.1 Å². The van der Waals surface area contributed by atoms with E-state index in [-0.39, 0.29) is 0 Å². The van der Waals surface area contributed by atoms with Crippen molar-refractivity contribution < 1.29 is 0 Å². The third-order valence-electron chi connectivity index (χ3n) is 2.54. The highest BCUT2D eigenvalue weighted by Crippen LogP contribution is 2.34. The van der Waals surface area contributed by atoms with Crippen LogP contribution in [-0.2, 0) is 0 Å². The number of rotatable bonds is 0. The Labute approximate surface area is 83.6 Å². The van der Waals surface area contributed by atoms with Crippen molar-refractivity contribution in [2.75, 3.05) is 11.9 Å². The minimum Gasteiger partial charge on any atom is -0.368 e. The minimum absolute atomic E-state index is 0.377. The smallest absolute Gasteiger partial charge is 0.0479 e. The zero-order valence-electron chi connectivity index (χ0n) is 7.79. The van der Waals surface area contributed by atoms with E-state index < -0.39 is 0 Å². The Bertz CT molecular complexity index is 357. The van der Waals surface area contributed by atoms with Gasteiger partial charge < -0.3 is 4.90 Å². The Kier molecular flexibility index (Phi) is 2.04. The van der Waals surface area contributed by atoms with Gasteiger partial charge >= 0.3 is 0 Å². The van der Waals surface area contributed by atoms with Crippen LogP contribution in [0.15, 0.2) is 30.3 Å². The lowest BCUT2D eigenvalue weighted by Gasteiger charge is -2.31. The van der Waals surface area contributed by atoms with Crippen molar-refractivity contribution in [3.8, 4) is 0 Å². The summed E-state index contributed by atoms with van der Waals surface area (Å²) in [6.07, 6.45) is 2.07. The lowest BCUT2D eigenvalue weighted by molar-refractivity contribution is 0.816. The average Bonchev–Trinajstić information content (AvgIpc) is 2.15. The fourth-order valence-electron chi connectivity index (χ4n) is 1.62. The standard InChI is InChI=1S/C11H12ClN/c1-8-7-10(12)9-5-3-4-6-11(9)13(8)2/h3-8H,1-2H3. The van der Waals surface area contributed by atoms with E-state index >= 15 is 0 Å². The number of benzene rings is 1. The largest absolute Gasteiger partial charge is 0.368 e. The summed E-state index contributed by atoms with van der Waals surface area (Å²) < 4.78 is 0. The second kappa shape index (κ2) is 3.08. The molecule has 1 aromatic carbocycles. The fourth-order valence-corrected chi connectivity index (χ4v) is 1.96. The lowest BCUT2D eigenvalue weighted by atomic mass is 10.0. The second-order valence-corrected chi connectivity index (χ2v) is 3.79. The van der Waals surface area contributed by atoms with E-state index in [1.54, 1.807) is 0 Å². The first kappa shape index (κ1) is 8.64. The molecule has 0 N–H and O–H groups in total. The molecule has 0 bridgehead atoms. The molecule has 0 saturated carbocycles. The summed E-state index contributed by atoms with van der Waals surface area (Å²) in [5.74, 6) is 0. The van der Waals surface area contributed by atoms with Gasteiger partial charge in [-0.25, -0.2) is 0 Å². The maximum absolute atomic E-state index is 6.14. The summed E-state index contributed by atoms with van der Waals surface area (Å²) in [5, 5.41) is 0.862. The fraction of sp³-hybridized carbons (Fsp3) is 0.273. The number of halogens is 1. The number of fused-ring (bicyclic) bond motifs is 1. The van der Waals surface area contributed by atoms with Crippen molar-refractivity contribution in [2.45, 2.75) is 13.0 Å². The molecule has 2 rings (SSSR count). The van der Waals surface area contributed by atoms with Crippen molar-refractivity contribution in [2.24, 2.45) is 0 Å². The SMILES string of the molecule is CC1C=C(Cl)c2ccccc2N1C. The molecule has 2 heteroatoms. The van der Waals surface area contributed by atoms with Crippen LogP contribution in [0.3, 0.4) is 0 Å². The molecule has 0 aliphatic carbocycles. The maximum Gasteiger partial charge on any atom is 0.0479 e. The van der Waals surface area contributed by atoms with Crippen LogP contribution < -0.4 is 4.90 Å². The molecular formula is C11H12ClN. The van der Waals surface area contributed by atoms with Gasteiger partial charge in [-0.2, -0.15) is 0 Å². The van der Waals surface area contributed by atoms with Crippen LogP contribution in [0, 0.1) is 0 Å². The molecule has 0 aromatic heterocycles. The van der Waals surface area contributed by atoms with Crippen LogP contribution in [0.25, 0.3) is 5.03 Å². The van der Waals surface area contributed by atoms with Crippen molar-refractivity contribution in [3.63, 3.8) is 0 Å². The average molecular weight is 194 g/mol. The number of hydrogen-bond donors (Lipinski definition) is 0. The molecule has 1 aliphatic rings. The van der Waals surface area contributed by atoms with Gasteiger partial charge in [-0.3, -0.25) is 0 Å². The minimum atomic E-state index is 0.377. The molecule has 68 valence electrons. The summed E-state index contributed by atoms with van der Waals surface area (Å²) in [5.41, 5.74) is 2.34. The van der Waals surface area contributed by atoms with Crippen LogP contribution >= 0.6 is 11.6 Å². The molecule has 1 heterocycles. The molecular weight excluding hydrogens is 182 g/mol. The number of para-hydroxylation sites is 1. The molecule has 0 radical (unpaired) electrons. The van der Waals surface area contributed by atoms with E-state index in [9.17, 15) is 0 Å². The number of anilines is 1. The monoisotopic (exact) mass is 193 g/mol. The van der Waals surface area contributed by atoms with Crippen molar-refractivity contribution >= 4 is 22.3 Å². The van der Waals surface area contributed by atoms with Gasteiger partial charge in [0.05, 0.1) is 0 Å². The Balaban J connectivity index is 2.58. The lowest BCUT2D eigenvalue weighted by Crippen LogP contribution is -2.30. The zero-order valence-corrected chi connectivity index (χ0v) is 8.55. The van der Waals surface area contributed by atoms with Crippen molar-refractivity contribution in [3.05, 3.63) is 35.9 Å². The summed E-state index contributed by atoms with van der Waals surface area (Å²) in [6.45, 7) is 2.14. The number of likely N-dealkylation sites (N-methyl/N-ethyl adjacent to an activating group) is 1. The number of hydrogen-bond acceptors (Lipinski definition) is 1. The Morgan fingerprint density at radius 3 is 2.77 bits per heavy atom. The van der Waals surface area contributed by atoms with Gasteiger partial charge in [0.25, 0.3) is 0 Å². The van der Waals surface area contributed by atoms with Gasteiger partial charge in [0.2, 0.25) is 0 Å². The molecule has 0 spiro atoms. The Morgan fingerprint density at radius 2 is 2.00 bits per heavy atom. The highest BCUT2D eigenvalue weighted by molar-refractivity contribution is 6.49. The Morgan fingerprint density at radius 1 is 1.31 bits per heavy atom. The topological polar surface area (TPSA) is 3.24 Å². The van der Waals surface area contributed by atoms with Gasteiger partial charge in [-0.1, -0.05) is 29.8 Å². The van der Waals surface area contributed by atoms with Crippen LogP contribution in [0.4, 0.5) is 5.69 Å². The van der Waals surface area contributed by atoms with Crippen LogP contribution in [0.1, 0.15) is 12.5 Å². The van der Waals surface area contributed by atoms with E-state index in [0.717, 1.165) is 10.6 Å². The zero-order chi connectivity index (χ0) is 9.42. The third-order valence-corrected chi connectivity index (χ3v) is 2.87. The summed E-state index contributed by atoms with van der Waals surface area (Å²) in [4.78, 5) is 2.22. The van der Waals surface area contributed by atoms with Gasteiger partial charge in [-0.05, 0) is 19.1 Å². The second-order valence-electron chi connectivity index (χ2n) is 3.38. The van der Waals surface area contributed by atoms with Gasteiger partial charge in [0.15, 0.2) is 0 Å². The molecule has 1 aliphatic heterocycles. The molecule has 0 fully saturated rings. The molecule has 1 aromatic rings. The van der Waals surface area contributed by atoms with Gasteiger partial charge in [-0.15, -0.1) is 0 Å². The van der Waals surface area contributed by atoms with Crippen molar-refractivity contribution in [1.82, 2.24) is 0 Å². The van der Waals surface area contributed by atoms with Crippen LogP contribution in [0.2, 0.25) is 0 Å². The third kappa shape index (κ3) is 1.33. The van der Waals surface area contributed by atoms with Gasteiger partial charge in [0.1, 0.15) is 0 Å². The maximum atomic E-state index is 6.14. The summed E-state index contributed by atoms with van der Waals surface area (Å²) >= 11 is 6.14. The molecule has 0 amide bonds. The Hall–Kier alpha value is -0.950.